The molecule has 0 saturated carbocycles. The van der Waals surface area contributed by atoms with Crippen LogP contribution in [0.4, 0.5) is 5.69 Å². The molecule has 2 heterocycles. The third-order valence-electron chi connectivity index (χ3n) is 3.07. The van der Waals surface area contributed by atoms with E-state index in [0.717, 1.165) is 29.2 Å². The van der Waals surface area contributed by atoms with Crippen molar-refractivity contribution in [2.45, 2.75) is 33.7 Å². The lowest BCUT2D eigenvalue weighted by Crippen LogP contribution is -2.15. The van der Waals surface area contributed by atoms with Crippen molar-refractivity contribution >= 4 is 11.6 Å². The van der Waals surface area contributed by atoms with E-state index in [1.807, 2.05) is 38.7 Å². The fourth-order valence-corrected chi connectivity index (χ4v) is 2.12. The average molecular weight is 261 g/mol. The monoisotopic (exact) mass is 261 g/mol. The number of nitrogens with zero attached hydrogens (tertiary/aromatic N) is 4. The van der Waals surface area contributed by atoms with Gasteiger partial charge < -0.3 is 5.32 Å². The number of carbonyl (C=O) groups excluding carboxylic acids is 1. The molecule has 19 heavy (non-hydrogen) atoms. The van der Waals surface area contributed by atoms with E-state index in [9.17, 15) is 4.79 Å². The Kier molecular flexibility index (Phi) is 3.69. The van der Waals surface area contributed by atoms with Crippen molar-refractivity contribution in [1.82, 2.24) is 19.6 Å². The van der Waals surface area contributed by atoms with Gasteiger partial charge in [0.2, 0.25) is 5.91 Å². The van der Waals surface area contributed by atoms with E-state index < -0.39 is 0 Å². The largest absolute Gasteiger partial charge is 0.323 e. The van der Waals surface area contributed by atoms with Crippen LogP contribution in [-0.2, 0) is 24.8 Å². The molecule has 0 atom stereocenters. The van der Waals surface area contributed by atoms with Gasteiger partial charge in [-0.25, -0.2) is 0 Å². The molecule has 0 aliphatic carbocycles. The zero-order chi connectivity index (χ0) is 14.0. The highest BCUT2D eigenvalue weighted by atomic mass is 16.1. The van der Waals surface area contributed by atoms with Gasteiger partial charge in [-0.1, -0.05) is 0 Å². The number of aromatic nitrogens is 4. The molecule has 6 heteroatoms. The van der Waals surface area contributed by atoms with Crippen LogP contribution < -0.4 is 5.32 Å². The summed E-state index contributed by atoms with van der Waals surface area (Å²) < 4.78 is 3.57. The lowest BCUT2D eigenvalue weighted by Gasteiger charge is -2.05. The Morgan fingerprint density at radius 1 is 1.42 bits per heavy atom. The Morgan fingerprint density at radius 3 is 2.68 bits per heavy atom. The normalized spacial score (nSPS) is 10.7. The van der Waals surface area contributed by atoms with Crippen molar-refractivity contribution in [2.24, 2.45) is 7.05 Å². The molecule has 102 valence electrons. The van der Waals surface area contributed by atoms with Gasteiger partial charge >= 0.3 is 0 Å². The summed E-state index contributed by atoms with van der Waals surface area (Å²) in [6, 6.07) is 0. The van der Waals surface area contributed by atoms with E-state index in [-0.39, 0.29) is 5.91 Å². The zero-order valence-electron chi connectivity index (χ0n) is 11.8. The molecule has 1 amide bonds. The molecule has 0 fully saturated rings. The SMILES string of the molecule is CCn1nc(C)c(NC(=O)Cc2cnn(C)c2)c1C. The molecule has 0 aromatic carbocycles. The molecule has 1 N–H and O–H groups in total. The standard InChI is InChI=1S/C13H19N5O/c1-5-18-10(3)13(9(2)16-18)15-12(19)6-11-7-14-17(4)8-11/h7-8H,5-6H2,1-4H3,(H,15,19). The second-order valence-corrected chi connectivity index (χ2v) is 4.61. The van der Waals surface area contributed by atoms with E-state index in [4.69, 9.17) is 0 Å². The Hall–Kier alpha value is -2.11. The minimum absolute atomic E-state index is 0.0464. The Balaban J connectivity index is 2.09. The van der Waals surface area contributed by atoms with Gasteiger partial charge in [-0.05, 0) is 26.3 Å². The number of anilines is 1. The van der Waals surface area contributed by atoms with Crippen molar-refractivity contribution in [1.29, 1.82) is 0 Å². The van der Waals surface area contributed by atoms with E-state index in [1.165, 1.54) is 0 Å². The molecule has 0 saturated heterocycles. The Morgan fingerprint density at radius 2 is 2.16 bits per heavy atom. The lowest BCUT2D eigenvalue weighted by atomic mass is 10.2. The maximum absolute atomic E-state index is 12.0. The molecule has 6 nitrogen and oxygen atoms in total. The lowest BCUT2D eigenvalue weighted by molar-refractivity contribution is -0.115. The first-order chi connectivity index (χ1) is 9.01. The number of rotatable bonds is 4. The third kappa shape index (κ3) is 2.83. The molecule has 0 aliphatic rings. The quantitative estimate of drug-likeness (QED) is 0.905. The number of nitrogens with one attached hydrogen (secondary N) is 1. The van der Waals surface area contributed by atoms with Gasteiger partial charge in [0, 0.05) is 19.8 Å². The van der Waals surface area contributed by atoms with E-state index in [2.05, 4.69) is 15.5 Å². The van der Waals surface area contributed by atoms with Gasteiger partial charge in [0.05, 0.1) is 29.7 Å². The number of hydrogen-bond acceptors (Lipinski definition) is 3. The molecule has 0 radical (unpaired) electrons. The highest BCUT2D eigenvalue weighted by Crippen LogP contribution is 2.19. The summed E-state index contributed by atoms with van der Waals surface area (Å²) in [6.45, 7) is 6.69. The smallest absolute Gasteiger partial charge is 0.229 e. The molecular weight excluding hydrogens is 242 g/mol. The van der Waals surface area contributed by atoms with Gasteiger partial charge in [0.15, 0.2) is 0 Å². The van der Waals surface area contributed by atoms with Crippen molar-refractivity contribution in [2.75, 3.05) is 5.32 Å². The maximum Gasteiger partial charge on any atom is 0.229 e. The van der Waals surface area contributed by atoms with Gasteiger partial charge in [-0.15, -0.1) is 0 Å². The van der Waals surface area contributed by atoms with Gasteiger partial charge in [0.25, 0.3) is 0 Å². The summed E-state index contributed by atoms with van der Waals surface area (Å²) in [5.74, 6) is -0.0464. The van der Waals surface area contributed by atoms with E-state index in [0.29, 0.717) is 6.42 Å². The predicted octanol–water partition coefficient (Wildman–Crippen LogP) is 1.43. The maximum atomic E-state index is 12.0. The third-order valence-corrected chi connectivity index (χ3v) is 3.07. The fourth-order valence-electron chi connectivity index (χ4n) is 2.12. The van der Waals surface area contributed by atoms with Crippen LogP contribution in [0.2, 0.25) is 0 Å². The number of hydrogen-bond donors (Lipinski definition) is 1. The predicted molar refractivity (Wildman–Crippen MR) is 72.9 cm³/mol. The van der Waals surface area contributed by atoms with Crippen LogP contribution in [0.15, 0.2) is 12.4 Å². The second kappa shape index (κ2) is 5.26. The highest BCUT2D eigenvalue weighted by molar-refractivity contribution is 5.93. The van der Waals surface area contributed by atoms with Gasteiger partial charge in [-0.3, -0.25) is 14.2 Å². The first-order valence-corrected chi connectivity index (χ1v) is 6.32. The number of carbonyl (C=O) groups is 1. The fraction of sp³-hybridized carbons (Fsp3) is 0.462. The van der Waals surface area contributed by atoms with Gasteiger partial charge in [0.1, 0.15) is 0 Å². The highest BCUT2D eigenvalue weighted by Gasteiger charge is 2.14. The molecule has 0 unspecified atom stereocenters. The first-order valence-electron chi connectivity index (χ1n) is 6.32. The minimum Gasteiger partial charge on any atom is -0.323 e. The molecular formula is C13H19N5O. The van der Waals surface area contributed by atoms with Crippen molar-refractivity contribution in [3.05, 3.63) is 29.3 Å². The summed E-state index contributed by atoms with van der Waals surface area (Å²) in [5, 5.41) is 11.4. The van der Waals surface area contributed by atoms with Crippen LogP contribution in [0.25, 0.3) is 0 Å². The zero-order valence-corrected chi connectivity index (χ0v) is 11.8. The van der Waals surface area contributed by atoms with Crippen LogP contribution in [-0.4, -0.2) is 25.5 Å². The van der Waals surface area contributed by atoms with Crippen molar-refractivity contribution in [3.8, 4) is 0 Å². The summed E-state index contributed by atoms with van der Waals surface area (Å²) in [7, 11) is 1.83. The van der Waals surface area contributed by atoms with Crippen LogP contribution in [0.3, 0.4) is 0 Å². The summed E-state index contributed by atoms with van der Waals surface area (Å²) in [4.78, 5) is 12.0. The molecule has 2 rings (SSSR count). The Labute approximate surface area is 112 Å². The molecule has 2 aromatic heterocycles. The Bertz CT molecular complexity index is 596. The summed E-state index contributed by atoms with van der Waals surface area (Å²) >= 11 is 0. The topological polar surface area (TPSA) is 64.7 Å². The van der Waals surface area contributed by atoms with Crippen LogP contribution in [0, 0.1) is 13.8 Å². The first kappa shape index (κ1) is 13.3. The van der Waals surface area contributed by atoms with Crippen LogP contribution in [0.5, 0.6) is 0 Å². The summed E-state index contributed by atoms with van der Waals surface area (Å²) in [5.41, 5.74) is 3.55. The molecule has 0 aliphatic heterocycles. The van der Waals surface area contributed by atoms with Crippen molar-refractivity contribution < 1.29 is 4.79 Å². The average Bonchev–Trinajstić information content (AvgIpc) is 2.87. The van der Waals surface area contributed by atoms with E-state index in [1.54, 1.807) is 10.9 Å². The van der Waals surface area contributed by atoms with Gasteiger partial charge in [-0.2, -0.15) is 10.2 Å². The van der Waals surface area contributed by atoms with E-state index >= 15 is 0 Å². The molecule has 0 spiro atoms. The second-order valence-electron chi connectivity index (χ2n) is 4.61. The summed E-state index contributed by atoms with van der Waals surface area (Å²) in [6.07, 6.45) is 3.87. The van der Waals surface area contributed by atoms with Crippen molar-refractivity contribution in [3.63, 3.8) is 0 Å². The number of amides is 1. The van der Waals surface area contributed by atoms with Crippen LogP contribution in [0.1, 0.15) is 23.9 Å². The molecule has 0 bridgehead atoms. The molecule has 2 aromatic rings. The van der Waals surface area contributed by atoms with Crippen LogP contribution >= 0.6 is 0 Å². The number of aryl methyl sites for hydroxylation is 3. The minimum atomic E-state index is -0.0464.